The number of hydrogen-bond acceptors (Lipinski definition) is 30. The molecule has 0 spiro atoms. The van der Waals surface area contributed by atoms with Crippen LogP contribution in [0.15, 0.2) is 11.6 Å². The van der Waals surface area contributed by atoms with Crippen LogP contribution >= 0.6 is 11.8 Å². The number of rotatable bonds is 86. The molecule has 4 N–H and O–H groups in total. The molecule has 4 aliphatic rings. The number of carboxylic acid groups (broad SMARTS) is 1. The Morgan fingerprint density at radius 2 is 0.748 bits per heavy atom. The lowest BCUT2D eigenvalue weighted by Crippen LogP contribution is -2.51. The molecule has 676 valence electrons. The van der Waals surface area contributed by atoms with Crippen LogP contribution in [0.3, 0.4) is 0 Å². The Bertz CT molecular complexity index is 2300. The maximum atomic E-state index is 12.9. The molecule has 32 heteroatoms. The van der Waals surface area contributed by atoms with Gasteiger partial charge < -0.3 is 135 Å². The van der Waals surface area contributed by atoms with Crippen molar-refractivity contribution in [1.82, 2.24) is 5.32 Å². The van der Waals surface area contributed by atoms with Gasteiger partial charge in [0.25, 0.3) is 0 Å². The topological polar surface area (TPSA) is 340 Å². The zero-order valence-electron chi connectivity index (χ0n) is 71.1. The summed E-state index contributed by atoms with van der Waals surface area (Å²) in [5.41, 5.74) is 7.71. The van der Waals surface area contributed by atoms with E-state index in [0.29, 0.717) is 329 Å². The summed E-state index contributed by atoms with van der Waals surface area (Å²) in [5.74, 6) is 3.81. The van der Waals surface area contributed by atoms with Gasteiger partial charge in [0.1, 0.15) is 12.1 Å². The quantitative estimate of drug-likeness (QED) is 0.0314. The van der Waals surface area contributed by atoms with Crippen LogP contribution < -0.4 is 11.1 Å². The van der Waals surface area contributed by atoms with Crippen LogP contribution in [0.5, 0.6) is 0 Å². The van der Waals surface area contributed by atoms with E-state index >= 15 is 0 Å². The van der Waals surface area contributed by atoms with Crippen LogP contribution in [0, 0.1) is 46.3 Å². The van der Waals surface area contributed by atoms with Gasteiger partial charge in [0.05, 0.1) is 329 Å². The molecule has 4 rings (SSSR count). The number of nitrogens with two attached hydrogens (primary N) is 1. The molecule has 31 nitrogen and oxygen atoms in total. The molecule has 3 saturated carbocycles. The molecule has 0 radical (unpaired) electrons. The van der Waals surface area contributed by atoms with Gasteiger partial charge >= 0.3 is 11.9 Å². The van der Waals surface area contributed by atoms with Gasteiger partial charge in [0.2, 0.25) is 5.91 Å². The lowest BCUT2D eigenvalue weighted by Gasteiger charge is -2.58. The number of allylic oxidation sites excluding steroid dienone is 1. The second-order valence-corrected chi connectivity index (χ2v) is 30.9. The molecule has 3 fully saturated rings. The predicted octanol–water partition coefficient (Wildman–Crippen LogP) is 6.99. The van der Waals surface area contributed by atoms with Gasteiger partial charge in [-0.05, 0) is 91.3 Å². The third kappa shape index (κ3) is 53.9. The maximum absolute atomic E-state index is 12.9. The van der Waals surface area contributed by atoms with Crippen LogP contribution in [-0.4, -0.2) is 370 Å². The maximum Gasteiger partial charge on any atom is 0.321 e. The van der Waals surface area contributed by atoms with E-state index < -0.39 is 12.0 Å². The Labute approximate surface area is 692 Å². The number of carboxylic acids is 1. The van der Waals surface area contributed by atoms with Gasteiger partial charge in [-0.2, -0.15) is 0 Å². The van der Waals surface area contributed by atoms with E-state index in [1.54, 1.807) is 5.57 Å². The summed E-state index contributed by atoms with van der Waals surface area (Å²) in [6.07, 6.45) is 16.7. The number of hydrogen-bond donors (Lipinski definition) is 3. The van der Waals surface area contributed by atoms with E-state index in [1.165, 1.54) is 63.1 Å². The zero-order chi connectivity index (χ0) is 82.3. The summed E-state index contributed by atoms with van der Waals surface area (Å²) in [4.78, 5) is 35.3. The van der Waals surface area contributed by atoms with Gasteiger partial charge in [0.15, 0.2) is 0 Å². The Balaban J connectivity index is 0.716. The average molecular weight is 1680 g/mol. The summed E-state index contributed by atoms with van der Waals surface area (Å²) in [7, 11) is 0. The highest BCUT2D eigenvalue weighted by Gasteiger charge is 2.59. The van der Waals surface area contributed by atoms with Crippen LogP contribution in [0.25, 0.3) is 0 Å². The summed E-state index contributed by atoms with van der Waals surface area (Å²) in [6, 6.07) is -0.980. The molecular formula is C83H154N2O29S. The normalized spacial score (nSPS) is 20.5. The van der Waals surface area contributed by atoms with Gasteiger partial charge in [0, 0.05) is 18.7 Å². The molecule has 1 unspecified atom stereocenters. The molecule has 0 saturated heterocycles. The first kappa shape index (κ1) is 105. The SMILES string of the molecule is CC(C)CCC[C@@H](C)[C@H]1CC[C@H]2[C@@H]3CC=C4CC(OC(=O)CCOCCOCCOCCOCCOCCOCCOCCOCCOCCOCCOCCOCCOCCOCCOCCOCCOCCOCCOCCOCCOCCOCCOCCOCCNC(=O)CSC[C@H](N)C(=O)O)CC[C@]4(C)[C@H]3CC[C@]12C. The number of nitrogens with one attached hydrogen (secondary N) is 1. The molecule has 0 bridgehead atoms. The first-order valence-electron chi connectivity index (χ1n) is 42.9. The smallest absolute Gasteiger partial charge is 0.321 e. The number of carbonyl (C=O) groups is 3. The molecule has 0 aromatic rings. The van der Waals surface area contributed by atoms with Gasteiger partial charge in [-0.1, -0.05) is 65.5 Å². The Hall–Kier alpha value is -2.50. The zero-order valence-corrected chi connectivity index (χ0v) is 71.9. The monoisotopic (exact) mass is 1680 g/mol. The molecule has 0 aromatic heterocycles. The fourth-order valence-electron chi connectivity index (χ4n) is 15.0. The summed E-state index contributed by atoms with van der Waals surface area (Å²) in [6.45, 7) is 34.9. The van der Waals surface area contributed by atoms with Crippen LogP contribution in [0.4, 0.5) is 0 Å². The van der Waals surface area contributed by atoms with E-state index in [4.69, 9.17) is 129 Å². The summed E-state index contributed by atoms with van der Waals surface area (Å²) < 4.78 is 139. The van der Waals surface area contributed by atoms with Crippen LogP contribution in [-0.2, 0) is 133 Å². The van der Waals surface area contributed by atoms with E-state index in [1.807, 2.05) is 0 Å². The fraction of sp³-hybridized carbons (Fsp3) is 0.940. The molecule has 0 heterocycles. The minimum absolute atomic E-state index is 0.0257. The van der Waals surface area contributed by atoms with Crippen molar-refractivity contribution in [2.75, 3.05) is 335 Å². The third-order valence-electron chi connectivity index (χ3n) is 21.0. The molecular weight excluding hydrogens is 1520 g/mol. The van der Waals surface area contributed by atoms with E-state index in [-0.39, 0.29) is 41.3 Å². The molecule has 4 aliphatic carbocycles. The van der Waals surface area contributed by atoms with Crippen molar-refractivity contribution in [3.63, 3.8) is 0 Å². The standard InChI is InChI=1S/C83H154N2O29S/c1-70(2)7-6-8-71(3)75-11-12-76-74-10-9-72-67-73(13-16-82(72,4)77(74)14-17-83(75,76)5)114-80(87)15-19-90-21-23-92-25-27-94-29-31-96-33-35-98-37-39-100-41-43-102-45-47-104-49-51-106-53-55-108-57-59-110-61-63-112-65-66-113-64-62-111-60-58-109-56-54-107-52-50-105-48-46-103-44-42-101-40-38-99-36-34-97-32-30-95-28-26-93-24-22-91-20-18-85-79(86)69-115-68-78(84)81(88)89/h9,70-71,73-78H,6-8,10-69,84H2,1-5H3,(H,85,86)(H,88,89)/t71-,73?,74+,75-,76+,77+,78+,82+,83-/m1/s1. The number of aliphatic carboxylic acids is 1. The first-order chi connectivity index (χ1) is 56.3. The number of fused-ring (bicyclic) bond motifs is 5. The minimum atomic E-state index is -1.09. The van der Waals surface area contributed by atoms with Crippen molar-refractivity contribution in [3.8, 4) is 0 Å². The van der Waals surface area contributed by atoms with E-state index in [2.05, 4.69) is 46.0 Å². The molecule has 0 aliphatic heterocycles. The molecule has 0 aromatic carbocycles. The van der Waals surface area contributed by atoms with Crippen molar-refractivity contribution >= 4 is 29.6 Å². The van der Waals surface area contributed by atoms with Gasteiger partial charge in [-0.15, -0.1) is 11.8 Å². The lowest BCUT2D eigenvalue weighted by atomic mass is 9.47. The summed E-state index contributed by atoms with van der Waals surface area (Å²) >= 11 is 1.17. The Kier molecular flexibility index (Phi) is 66.6. The highest BCUT2D eigenvalue weighted by molar-refractivity contribution is 8.00. The van der Waals surface area contributed by atoms with E-state index in [0.717, 1.165) is 54.8 Å². The van der Waals surface area contributed by atoms with Gasteiger partial charge in [-0.25, -0.2) is 0 Å². The lowest BCUT2D eigenvalue weighted by molar-refractivity contribution is -0.153. The molecule has 115 heavy (non-hydrogen) atoms. The Morgan fingerprint density at radius 3 is 1.07 bits per heavy atom. The second-order valence-electron chi connectivity index (χ2n) is 29.9. The van der Waals surface area contributed by atoms with Crippen molar-refractivity contribution in [2.24, 2.45) is 52.1 Å². The van der Waals surface area contributed by atoms with Crippen LogP contribution in [0.2, 0.25) is 0 Å². The first-order valence-corrected chi connectivity index (χ1v) is 44.1. The fourth-order valence-corrected chi connectivity index (χ4v) is 15.8. The van der Waals surface area contributed by atoms with Crippen LogP contribution in [0.1, 0.15) is 112 Å². The predicted molar refractivity (Wildman–Crippen MR) is 433 cm³/mol. The minimum Gasteiger partial charge on any atom is -0.480 e. The summed E-state index contributed by atoms with van der Waals surface area (Å²) in [5, 5.41) is 11.4. The number of ether oxygens (including phenoxy) is 25. The number of amides is 1. The molecule has 1 amide bonds. The number of thioether (sulfide) groups is 1. The number of esters is 1. The van der Waals surface area contributed by atoms with E-state index in [9.17, 15) is 14.4 Å². The highest BCUT2D eigenvalue weighted by atomic mass is 32.2. The largest absolute Gasteiger partial charge is 0.480 e. The average Bonchev–Trinajstić information content (AvgIpc) is 1.68. The molecule has 9 atom stereocenters. The highest BCUT2D eigenvalue weighted by Crippen LogP contribution is 2.67. The van der Waals surface area contributed by atoms with Crippen molar-refractivity contribution in [3.05, 3.63) is 11.6 Å². The van der Waals surface area contributed by atoms with Crippen molar-refractivity contribution in [2.45, 2.75) is 124 Å². The van der Waals surface area contributed by atoms with Gasteiger partial charge in [-0.3, -0.25) is 14.4 Å². The number of carbonyl (C=O) groups excluding carboxylic acids is 2. The second kappa shape index (κ2) is 73.1. The Morgan fingerprint density at radius 1 is 0.426 bits per heavy atom. The van der Waals surface area contributed by atoms with Crippen molar-refractivity contribution < 1.29 is 138 Å². The van der Waals surface area contributed by atoms with Crippen molar-refractivity contribution in [1.29, 1.82) is 0 Å². The third-order valence-corrected chi connectivity index (χ3v) is 22.0.